The van der Waals surface area contributed by atoms with Crippen LogP contribution in [0, 0.1) is 0 Å². The molecule has 1 aromatic rings. The zero-order valence-electron chi connectivity index (χ0n) is 18.1. The average molecular weight is 505 g/mol. The van der Waals surface area contributed by atoms with Crippen LogP contribution in [0.4, 0.5) is 4.79 Å². The Morgan fingerprint density at radius 2 is 2.07 bits per heavy atom. The molecule has 1 aromatic heterocycles. The Bertz CT molecular complexity index is 649. The van der Waals surface area contributed by atoms with E-state index in [9.17, 15) is 4.79 Å². The van der Waals surface area contributed by atoms with E-state index in [0.717, 1.165) is 31.9 Å². The van der Waals surface area contributed by atoms with Crippen LogP contribution in [0.5, 0.6) is 0 Å². The average Bonchev–Trinajstić information content (AvgIpc) is 3.32. The summed E-state index contributed by atoms with van der Waals surface area (Å²) >= 11 is 0. The molecule has 0 spiro atoms. The number of hydrogen-bond acceptors (Lipinski definition) is 3. The number of nitrogens with zero attached hydrogens (tertiary/aromatic N) is 4. The maximum Gasteiger partial charge on any atom is 0.410 e. The van der Waals surface area contributed by atoms with Gasteiger partial charge in [0, 0.05) is 45.1 Å². The maximum atomic E-state index is 12.5. The number of halogens is 1. The van der Waals surface area contributed by atoms with E-state index in [0.29, 0.717) is 19.1 Å². The minimum Gasteiger partial charge on any atom is -0.444 e. The Morgan fingerprint density at radius 1 is 1.39 bits per heavy atom. The van der Waals surface area contributed by atoms with Gasteiger partial charge in [-0.15, -0.1) is 24.0 Å². The van der Waals surface area contributed by atoms with Gasteiger partial charge in [-0.3, -0.25) is 4.99 Å². The van der Waals surface area contributed by atoms with E-state index in [4.69, 9.17) is 9.73 Å². The molecule has 1 aliphatic carbocycles. The summed E-state index contributed by atoms with van der Waals surface area (Å²) in [5, 5.41) is 3.33. The molecule has 1 fully saturated rings. The van der Waals surface area contributed by atoms with Crippen LogP contribution in [-0.2, 0) is 18.3 Å². The first kappa shape index (κ1) is 24.6. The van der Waals surface area contributed by atoms with E-state index < -0.39 is 5.60 Å². The molecule has 8 heteroatoms. The van der Waals surface area contributed by atoms with Gasteiger partial charge in [-0.2, -0.15) is 0 Å². The third kappa shape index (κ3) is 7.89. The molecular formula is C20H36IN5O2. The van der Waals surface area contributed by atoms with Crippen LogP contribution in [0.1, 0.15) is 46.2 Å². The number of carbonyl (C=O) groups is 1. The van der Waals surface area contributed by atoms with Crippen molar-refractivity contribution in [2.45, 2.75) is 58.7 Å². The number of rotatable bonds is 7. The topological polar surface area (TPSA) is 62.1 Å². The Morgan fingerprint density at radius 3 is 2.57 bits per heavy atom. The second-order valence-corrected chi connectivity index (χ2v) is 8.11. The monoisotopic (exact) mass is 505 g/mol. The molecule has 1 N–H and O–H groups in total. The van der Waals surface area contributed by atoms with E-state index >= 15 is 0 Å². The minimum absolute atomic E-state index is 0. The molecule has 160 valence electrons. The highest BCUT2D eigenvalue weighted by atomic mass is 127. The molecule has 0 aliphatic heterocycles. The zero-order valence-corrected chi connectivity index (χ0v) is 20.4. The highest BCUT2D eigenvalue weighted by Gasteiger charge is 2.34. The van der Waals surface area contributed by atoms with Crippen LogP contribution in [0.3, 0.4) is 0 Å². The number of guanidine groups is 1. The van der Waals surface area contributed by atoms with Crippen molar-refractivity contribution in [1.82, 2.24) is 19.7 Å². The molecule has 0 aromatic carbocycles. The lowest BCUT2D eigenvalue weighted by Crippen LogP contribution is -2.41. The molecule has 1 saturated carbocycles. The number of ether oxygens (including phenoxy) is 1. The van der Waals surface area contributed by atoms with E-state index in [-0.39, 0.29) is 30.1 Å². The Kier molecular flexibility index (Phi) is 9.59. The molecule has 0 atom stereocenters. The summed E-state index contributed by atoms with van der Waals surface area (Å²) in [6.45, 7) is 10.5. The molecule has 0 unspecified atom stereocenters. The van der Waals surface area contributed by atoms with E-state index in [1.807, 2.05) is 52.0 Å². The van der Waals surface area contributed by atoms with E-state index in [1.54, 1.807) is 0 Å². The zero-order chi connectivity index (χ0) is 20.0. The van der Waals surface area contributed by atoms with Gasteiger partial charge in [-0.05, 0) is 52.7 Å². The first-order valence-corrected chi connectivity index (χ1v) is 9.80. The van der Waals surface area contributed by atoms with Crippen molar-refractivity contribution >= 4 is 36.0 Å². The van der Waals surface area contributed by atoms with Crippen molar-refractivity contribution in [3.05, 3.63) is 24.0 Å². The first-order chi connectivity index (χ1) is 12.7. The molecular weight excluding hydrogens is 469 g/mol. The summed E-state index contributed by atoms with van der Waals surface area (Å²) in [7, 11) is 4.07. The summed E-state index contributed by atoms with van der Waals surface area (Å²) in [5.41, 5.74) is 0.744. The van der Waals surface area contributed by atoms with Crippen LogP contribution in [0.25, 0.3) is 0 Å². The quantitative estimate of drug-likeness (QED) is 0.351. The fourth-order valence-corrected chi connectivity index (χ4v) is 2.84. The number of amides is 1. The number of aryl methyl sites for hydroxylation is 1. The Labute approximate surface area is 186 Å². The van der Waals surface area contributed by atoms with Gasteiger partial charge < -0.3 is 24.4 Å². The SMILES string of the molecule is CCNC(=NCCN(C(=O)OC(C)(C)C)C1CC1)N(C)Cc1cccn1C.I. The van der Waals surface area contributed by atoms with Crippen LogP contribution in [-0.4, -0.2) is 64.7 Å². The van der Waals surface area contributed by atoms with Gasteiger partial charge in [-0.1, -0.05) is 0 Å². The van der Waals surface area contributed by atoms with E-state index in [1.165, 1.54) is 5.69 Å². The number of aromatic nitrogens is 1. The lowest BCUT2D eigenvalue weighted by molar-refractivity contribution is 0.0240. The summed E-state index contributed by atoms with van der Waals surface area (Å²) in [6.07, 6.45) is 3.91. The van der Waals surface area contributed by atoms with Crippen molar-refractivity contribution in [3.63, 3.8) is 0 Å². The van der Waals surface area contributed by atoms with Crippen molar-refractivity contribution in [2.75, 3.05) is 26.7 Å². The van der Waals surface area contributed by atoms with Crippen molar-refractivity contribution < 1.29 is 9.53 Å². The van der Waals surface area contributed by atoms with E-state index in [2.05, 4.69) is 27.8 Å². The van der Waals surface area contributed by atoms with Crippen molar-refractivity contribution in [3.8, 4) is 0 Å². The van der Waals surface area contributed by atoms with Gasteiger partial charge >= 0.3 is 6.09 Å². The van der Waals surface area contributed by atoms with Gasteiger partial charge in [0.1, 0.15) is 5.60 Å². The summed E-state index contributed by atoms with van der Waals surface area (Å²) in [6, 6.07) is 4.46. The first-order valence-electron chi connectivity index (χ1n) is 9.80. The maximum absolute atomic E-state index is 12.5. The Balaban J connectivity index is 0.00000392. The molecule has 0 saturated heterocycles. The molecule has 7 nitrogen and oxygen atoms in total. The normalized spacial score (nSPS) is 14.3. The number of hydrogen-bond donors (Lipinski definition) is 1. The molecule has 1 aliphatic rings. The standard InChI is InChI=1S/C20H35N5O2.HI/c1-7-21-18(24(6)15-17-9-8-13-23(17)5)22-12-14-25(16-10-11-16)19(26)27-20(2,3)4;/h8-9,13,16H,7,10-12,14-15H2,1-6H3,(H,21,22);1H. The molecule has 28 heavy (non-hydrogen) atoms. The van der Waals surface area contributed by atoms with Gasteiger partial charge in [0.25, 0.3) is 0 Å². The van der Waals surface area contributed by atoms with Crippen LogP contribution >= 0.6 is 24.0 Å². The smallest absolute Gasteiger partial charge is 0.410 e. The molecule has 0 radical (unpaired) electrons. The van der Waals surface area contributed by atoms with Crippen LogP contribution < -0.4 is 5.32 Å². The van der Waals surface area contributed by atoms with Gasteiger partial charge in [0.05, 0.1) is 13.1 Å². The second kappa shape index (κ2) is 10.9. The molecule has 1 amide bonds. The fraction of sp³-hybridized carbons (Fsp3) is 0.700. The third-order valence-electron chi connectivity index (χ3n) is 4.37. The van der Waals surface area contributed by atoms with Gasteiger partial charge in [0.15, 0.2) is 5.96 Å². The minimum atomic E-state index is -0.475. The molecule has 1 heterocycles. The largest absolute Gasteiger partial charge is 0.444 e. The van der Waals surface area contributed by atoms with Crippen LogP contribution in [0.15, 0.2) is 23.3 Å². The fourth-order valence-electron chi connectivity index (χ4n) is 2.84. The van der Waals surface area contributed by atoms with Crippen molar-refractivity contribution in [2.24, 2.45) is 12.0 Å². The summed E-state index contributed by atoms with van der Waals surface area (Å²) in [4.78, 5) is 21.1. The highest BCUT2D eigenvalue weighted by molar-refractivity contribution is 14.0. The lowest BCUT2D eigenvalue weighted by atomic mass is 10.2. The van der Waals surface area contributed by atoms with Crippen molar-refractivity contribution in [1.29, 1.82) is 0 Å². The molecule has 0 bridgehead atoms. The second-order valence-electron chi connectivity index (χ2n) is 8.11. The Hall–Kier alpha value is -1.45. The van der Waals surface area contributed by atoms with Gasteiger partial charge in [-0.25, -0.2) is 4.79 Å². The highest BCUT2D eigenvalue weighted by Crippen LogP contribution is 2.28. The lowest BCUT2D eigenvalue weighted by Gasteiger charge is -2.27. The summed E-state index contributed by atoms with van der Waals surface area (Å²) in [5.74, 6) is 0.846. The number of carbonyl (C=O) groups excluding carboxylic acids is 1. The van der Waals surface area contributed by atoms with Crippen LogP contribution in [0.2, 0.25) is 0 Å². The molecule has 2 rings (SSSR count). The van der Waals surface area contributed by atoms with Gasteiger partial charge in [0.2, 0.25) is 0 Å². The number of aliphatic imine (C=N–C) groups is 1. The number of nitrogens with one attached hydrogen (secondary N) is 1. The predicted octanol–water partition coefficient (Wildman–Crippen LogP) is 3.44. The third-order valence-corrected chi connectivity index (χ3v) is 4.37. The predicted molar refractivity (Wildman–Crippen MR) is 124 cm³/mol. The summed E-state index contributed by atoms with van der Waals surface area (Å²) < 4.78 is 7.66.